The quantitative estimate of drug-likeness (QED) is 0.158. The Morgan fingerprint density at radius 1 is 0.286 bits per heavy atom. The van der Waals surface area contributed by atoms with E-state index in [1.165, 1.54) is 78.1 Å². The van der Waals surface area contributed by atoms with Crippen LogP contribution in [0, 0.1) is 0 Å². The molecule has 1 aliphatic heterocycles. The first kappa shape index (κ1) is 36.6. The first-order chi connectivity index (χ1) is 31.3. The molecule has 12 rings (SSSR count). The molecule has 0 bridgehead atoms. The van der Waals surface area contributed by atoms with Crippen LogP contribution in [-0.2, 0) is 5.41 Å². The van der Waals surface area contributed by atoms with Gasteiger partial charge in [0.25, 0.3) is 0 Å². The Balaban J connectivity index is 0.970. The predicted octanol–water partition coefficient (Wildman–Crippen LogP) is 16.3. The fraction of sp³-hybridized carbons (Fsp3) is 0.0164. The lowest BCUT2D eigenvalue weighted by Crippen LogP contribution is -2.36. The van der Waals surface area contributed by atoms with Crippen molar-refractivity contribution in [2.75, 3.05) is 9.80 Å². The summed E-state index contributed by atoms with van der Waals surface area (Å²) in [5.41, 5.74) is 21.3. The van der Waals surface area contributed by atoms with Crippen molar-refractivity contribution in [3.8, 4) is 44.5 Å². The molecule has 1 heterocycles. The first-order valence-corrected chi connectivity index (χ1v) is 21.8. The first-order valence-electron chi connectivity index (χ1n) is 21.8. The molecule has 0 aromatic heterocycles. The van der Waals surface area contributed by atoms with Gasteiger partial charge in [0, 0.05) is 22.6 Å². The normalized spacial score (nSPS) is 12.9. The zero-order valence-corrected chi connectivity index (χ0v) is 34.6. The molecule has 2 heteroatoms. The van der Waals surface area contributed by atoms with E-state index in [-0.39, 0.29) is 0 Å². The van der Waals surface area contributed by atoms with Crippen molar-refractivity contribution >= 4 is 34.1 Å². The fourth-order valence-corrected chi connectivity index (χ4v) is 10.3. The molecule has 63 heavy (non-hydrogen) atoms. The number of hydrogen-bond acceptors (Lipinski definition) is 2. The molecule has 0 fully saturated rings. The number of hydrogen-bond donors (Lipinski definition) is 0. The second kappa shape index (κ2) is 15.1. The molecule has 0 saturated carbocycles. The third kappa shape index (κ3) is 5.87. The highest BCUT2D eigenvalue weighted by atomic mass is 15.2. The van der Waals surface area contributed by atoms with E-state index >= 15 is 0 Å². The van der Waals surface area contributed by atoms with Crippen molar-refractivity contribution in [3.05, 3.63) is 277 Å². The summed E-state index contributed by atoms with van der Waals surface area (Å²) in [5.74, 6) is 0. The minimum Gasteiger partial charge on any atom is -0.310 e. The minimum absolute atomic E-state index is 0.539. The second-order valence-electron chi connectivity index (χ2n) is 16.4. The third-order valence-corrected chi connectivity index (χ3v) is 13.1. The zero-order valence-electron chi connectivity index (χ0n) is 34.6. The van der Waals surface area contributed by atoms with Crippen LogP contribution >= 0.6 is 0 Å². The summed E-state index contributed by atoms with van der Waals surface area (Å²) in [6, 6.07) is 93.1. The average Bonchev–Trinajstić information content (AvgIpc) is 3.67. The van der Waals surface area contributed by atoms with Crippen molar-refractivity contribution in [2.24, 2.45) is 0 Å². The maximum absolute atomic E-state index is 2.44. The Bertz CT molecular complexity index is 3200. The number of para-hydroxylation sites is 4. The molecular formula is C61H42N2. The average molecular weight is 803 g/mol. The summed E-state index contributed by atoms with van der Waals surface area (Å²) in [4.78, 5) is 4.88. The van der Waals surface area contributed by atoms with Gasteiger partial charge in [-0.05, 0) is 116 Å². The van der Waals surface area contributed by atoms with Crippen LogP contribution in [0.4, 0.5) is 34.1 Å². The summed E-state index contributed by atoms with van der Waals surface area (Å²) in [6.45, 7) is 0. The van der Waals surface area contributed by atoms with Gasteiger partial charge in [-0.3, -0.25) is 0 Å². The van der Waals surface area contributed by atoms with Crippen molar-refractivity contribution in [2.45, 2.75) is 5.41 Å². The lowest BCUT2D eigenvalue weighted by molar-refractivity contribution is 0.752. The van der Waals surface area contributed by atoms with Crippen LogP contribution in [0.25, 0.3) is 44.5 Å². The summed E-state index contributed by atoms with van der Waals surface area (Å²) in [7, 11) is 0. The van der Waals surface area contributed by atoms with Crippen LogP contribution < -0.4 is 9.80 Å². The van der Waals surface area contributed by atoms with Crippen LogP contribution in [0.3, 0.4) is 0 Å². The van der Waals surface area contributed by atoms with Gasteiger partial charge < -0.3 is 9.80 Å². The third-order valence-electron chi connectivity index (χ3n) is 13.1. The second-order valence-corrected chi connectivity index (χ2v) is 16.4. The minimum atomic E-state index is -0.539. The van der Waals surface area contributed by atoms with E-state index in [2.05, 4.69) is 265 Å². The van der Waals surface area contributed by atoms with Gasteiger partial charge >= 0.3 is 0 Å². The van der Waals surface area contributed by atoms with E-state index in [1.807, 2.05) is 0 Å². The van der Waals surface area contributed by atoms with E-state index in [1.54, 1.807) is 0 Å². The number of rotatable bonds is 7. The molecule has 0 N–H and O–H groups in total. The lowest BCUT2D eigenvalue weighted by Gasteiger charge is -2.45. The fourth-order valence-electron chi connectivity index (χ4n) is 10.3. The molecule has 2 nitrogen and oxygen atoms in total. The molecule has 1 spiro atoms. The molecule has 2 aliphatic rings. The molecule has 0 atom stereocenters. The standard InChI is InChI=1S/C61H42N2/c1-4-17-43(18-5-1)44-31-33-45(34-32-44)46-35-37-47(38-36-46)48-39-41-51(42-40-48)62(49-19-6-2-7-20-49)59-30-16-27-56-60(59)52-23-10-11-24-53(52)61(56)54-25-12-14-28-57(54)63(50-21-8-3-9-22-50)58-29-15-13-26-55(58)61/h1-42H. The smallest absolute Gasteiger partial charge is 0.0755 e. The molecule has 0 amide bonds. The molecule has 0 radical (unpaired) electrons. The maximum atomic E-state index is 2.44. The van der Waals surface area contributed by atoms with E-state index in [0.717, 1.165) is 22.7 Å². The number of nitrogens with zero attached hydrogens (tertiary/aromatic N) is 2. The zero-order chi connectivity index (χ0) is 41.7. The Morgan fingerprint density at radius 3 is 1.24 bits per heavy atom. The predicted molar refractivity (Wildman–Crippen MR) is 263 cm³/mol. The highest BCUT2D eigenvalue weighted by Gasteiger charge is 2.52. The summed E-state index contributed by atoms with van der Waals surface area (Å²) >= 11 is 0. The van der Waals surface area contributed by atoms with Gasteiger partial charge in [-0.2, -0.15) is 0 Å². The molecule has 1 aliphatic carbocycles. The summed E-state index contributed by atoms with van der Waals surface area (Å²) in [6.07, 6.45) is 0. The summed E-state index contributed by atoms with van der Waals surface area (Å²) in [5, 5.41) is 0. The molecule has 0 unspecified atom stereocenters. The number of anilines is 6. The largest absolute Gasteiger partial charge is 0.310 e. The molecule has 0 saturated heterocycles. The Morgan fingerprint density at radius 2 is 0.683 bits per heavy atom. The number of benzene rings is 10. The molecule has 296 valence electrons. The maximum Gasteiger partial charge on any atom is 0.0755 e. The van der Waals surface area contributed by atoms with Gasteiger partial charge in [0.2, 0.25) is 0 Å². The van der Waals surface area contributed by atoms with Gasteiger partial charge in [-0.25, -0.2) is 0 Å². The van der Waals surface area contributed by atoms with E-state index in [0.29, 0.717) is 0 Å². The monoisotopic (exact) mass is 802 g/mol. The van der Waals surface area contributed by atoms with Crippen molar-refractivity contribution in [1.29, 1.82) is 0 Å². The topological polar surface area (TPSA) is 6.48 Å². The van der Waals surface area contributed by atoms with Crippen molar-refractivity contribution < 1.29 is 0 Å². The van der Waals surface area contributed by atoms with Gasteiger partial charge in [0.15, 0.2) is 0 Å². The Kier molecular flexibility index (Phi) is 8.76. The van der Waals surface area contributed by atoms with Crippen molar-refractivity contribution in [3.63, 3.8) is 0 Å². The highest BCUT2D eigenvalue weighted by Crippen LogP contribution is 2.65. The van der Waals surface area contributed by atoms with E-state index in [4.69, 9.17) is 0 Å². The van der Waals surface area contributed by atoms with Crippen LogP contribution in [0.5, 0.6) is 0 Å². The Hall–Kier alpha value is -8.20. The van der Waals surface area contributed by atoms with Crippen LogP contribution in [-0.4, -0.2) is 0 Å². The molecule has 10 aromatic carbocycles. The van der Waals surface area contributed by atoms with E-state index < -0.39 is 5.41 Å². The van der Waals surface area contributed by atoms with Gasteiger partial charge in [0.05, 0.1) is 22.5 Å². The Labute approximate surface area is 369 Å². The van der Waals surface area contributed by atoms with E-state index in [9.17, 15) is 0 Å². The van der Waals surface area contributed by atoms with Crippen LogP contribution in [0.15, 0.2) is 255 Å². The lowest BCUT2D eigenvalue weighted by atomic mass is 9.64. The van der Waals surface area contributed by atoms with Crippen LogP contribution in [0.1, 0.15) is 22.3 Å². The van der Waals surface area contributed by atoms with Gasteiger partial charge in [-0.1, -0.05) is 200 Å². The van der Waals surface area contributed by atoms with Gasteiger partial charge in [-0.15, -0.1) is 0 Å². The highest BCUT2D eigenvalue weighted by molar-refractivity contribution is 6.01. The molecule has 10 aromatic rings. The summed E-state index contributed by atoms with van der Waals surface area (Å²) < 4.78 is 0. The number of fused-ring (bicyclic) bond motifs is 9. The van der Waals surface area contributed by atoms with Gasteiger partial charge in [0.1, 0.15) is 0 Å². The van der Waals surface area contributed by atoms with Crippen molar-refractivity contribution in [1.82, 2.24) is 0 Å². The van der Waals surface area contributed by atoms with Crippen LogP contribution in [0.2, 0.25) is 0 Å². The SMILES string of the molecule is c1ccc(-c2ccc(-c3ccc(-c4ccc(N(c5ccccc5)c5cccc6c5-c5ccccc5C65c6ccccc6N(c6ccccc6)c6ccccc65)cc4)cc3)cc2)cc1. The molecular weight excluding hydrogens is 761 g/mol.